The fourth-order valence-corrected chi connectivity index (χ4v) is 4.27. The summed E-state index contributed by atoms with van der Waals surface area (Å²) in [6, 6.07) is 6.26. The molecule has 5 nitrogen and oxygen atoms in total. The lowest BCUT2D eigenvalue weighted by molar-refractivity contribution is -0.138. The lowest BCUT2D eigenvalue weighted by Gasteiger charge is -2.33. The van der Waals surface area contributed by atoms with E-state index >= 15 is 0 Å². The van der Waals surface area contributed by atoms with E-state index in [1.807, 2.05) is 36.6 Å². The Balaban J connectivity index is 1.79. The lowest BCUT2D eigenvalue weighted by Crippen LogP contribution is -2.46. The van der Waals surface area contributed by atoms with Gasteiger partial charge in [0.25, 0.3) is 0 Å². The van der Waals surface area contributed by atoms with E-state index in [9.17, 15) is 13.6 Å². The van der Waals surface area contributed by atoms with Gasteiger partial charge in [-0.3, -0.25) is 4.79 Å². The van der Waals surface area contributed by atoms with E-state index < -0.39 is 11.6 Å². The minimum Gasteiger partial charge on any atom is -0.374 e. The maximum absolute atomic E-state index is 14.8. The van der Waals surface area contributed by atoms with Crippen molar-refractivity contribution in [3.8, 4) is 11.3 Å². The van der Waals surface area contributed by atoms with E-state index in [0.29, 0.717) is 48.4 Å². The third-order valence-electron chi connectivity index (χ3n) is 5.34. The molecule has 0 spiro atoms. The van der Waals surface area contributed by atoms with Crippen molar-refractivity contribution in [2.24, 2.45) is 0 Å². The van der Waals surface area contributed by atoms with Crippen molar-refractivity contribution in [2.75, 3.05) is 19.7 Å². The Morgan fingerprint density at radius 3 is 2.73 bits per heavy atom. The molecule has 3 heterocycles. The molecule has 1 fully saturated rings. The monoisotopic (exact) mass is 477 g/mol. The number of ether oxygens (including phenoxy) is 1. The number of pyridine rings is 1. The van der Waals surface area contributed by atoms with E-state index in [4.69, 9.17) is 4.74 Å². The van der Waals surface area contributed by atoms with Crippen molar-refractivity contribution in [3.05, 3.63) is 57.8 Å². The number of fused-ring (bicyclic) bond motifs is 1. The van der Waals surface area contributed by atoms with Crippen LogP contribution < -0.4 is 0 Å². The van der Waals surface area contributed by atoms with E-state index in [-0.39, 0.29) is 23.3 Å². The van der Waals surface area contributed by atoms with E-state index in [2.05, 4.69) is 20.9 Å². The Kier molecular flexibility index (Phi) is 5.88. The van der Waals surface area contributed by atoms with Crippen LogP contribution in [-0.4, -0.2) is 46.0 Å². The zero-order chi connectivity index (χ0) is 21.4. The maximum atomic E-state index is 14.8. The SMILES string of the molecule is CCC(=O)N1CCO[C@@H](Cc2c(-c3c(F)cc(Br)cc3F)nc3cc(C)ccn23)C1. The molecule has 8 heteroatoms. The minimum atomic E-state index is -0.685. The molecule has 1 atom stereocenters. The summed E-state index contributed by atoms with van der Waals surface area (Å²) in [4.78, 5) is 18.5. The molecule has 158 valence electrons. The molecule has 4 rings (SSSR count). The number of benzene rings is 1. The molecule has 30 heavy (non-hydrogen) atoms. The van der Waals surface area contributed by atoms with Gasteiger partial charge in [0, 0.05) is 36.6 Å². The number of nitrogens with zero attached hydrogens (tertiary/aromatic N) is 3. The van der Waals surface area contributed by atoms with Crippen molar-refractivity contribution in [1.29, 1.82) is 0 Å². The highest BCUT2D eigenvalue weighted by Crippen LogP contribution is 2.33. The number of carbonyl (C=O) groups is 1. The van der Waals surface area contributed by atoms with E-state index in [1.165, 1.54) is 12.1 Å². The number of imidazole rings is 1. The second kappa shape index (κ2) is 8.43. The van der Waals surface area contributed by atoms with Crippen molar-refractivity contribution >= 4 is 27.5 Å². The standard InChI is InChI=1S/C22H22BrF2N3O2/c1-3-20(29)27-6-7-30-15(12-27)11-18-22(21-16(24)9-14(23)10-17(21)25)26-19-8-13(2)4-5-28(18)19/h4-5,8-10,15H,3,6-7,11-12H2,1-2H3/t15-/m0/s1. The predicted molar refractivity (Wildman–Crippen MR) is 113 cm³/mol. The molecule has 1 aliphatic heterocycles. The van der Waals surface area contributed by atoms with Gasteiger partial charge in [0.1, 0.15) is 17.3 Å². The summed E-state index contributed by atoms with van der Waals surface area (Å²) in [5.74, 6) is -1.30. The fraction of sp³-hybridized carbons (Fsp3) is 0.364. The summed E-state index contributed by atoms with van der Waals surface area (Å²) in [7, 11) is 0. The molecular formula is C22H22BrF2N3O2. The second-order valence-corrected chi connectivity index (χ2v) is 8.39. The number of hydrogen-bond acceptors (Lipinski definition) is 3. The molecule has 0 saturated carbocycles. The van der Waals surface area contributed by atoms with Gasteiger partial charge in [-0.1, -0.05) is 22.9 Å². The molecule has 0 bridgehead atoms. The van der Waals surface area contributed by atoms with Crippen molar-refractivity contribution in [1.82, 2.24) is 14.3 Å². The highest BCUT2D eigenvalue weighted by atomic mass is 79.9. The highest BCUT2D eigenvalue weighted by molar-refractivity contribution is 9.10. The molecule has 1 saturated heterocycles. The van der Waals surface area contributed by atoms with Gasteiger partial charge >= 0.3 is 0 Å². The number of carbonyl (C=O) groups excluding carboxylic acids is 1. The van der Waals surface area contributed by atoms with Gasteiger partial charge in [0.2, 0.25) is 5.91 Å². The number of hydrogen-bond donors (Lipinski definition) is 0. The lowest BCUT2D eigenvalue weighted by atomic mass is 10.0. The Labute approximate surface area is 181 Å². The van der Waals surface area contributed by atoms with Crippen molar-refractivity contribution < 1.29 is 18.3 Å². The molecule has 0 N–H and O–H groups in total. The van der Waals surface area contributed by atoms with Gasteiger partial charge < -0.3 is 14.0 Å². The molecule has 1 aromatic carbocycles. The molecule has 0 unspecified atom stereocenters. The first-order valence-corrected chi connectivity index (χ1v) is 10.7. The van der Waals surface area contributed by atoms with Crippen LogP contribution in [0.2, 0.25) is 0 Å². The largest absolute Gasteiger partial charge is 0.374 e. The van der Waals surface area contributed by atoms with Crippen LogP contribution in [0.15, 0.2) is 34.9 Å². The average Bonchev–Trinajstić information content (AvgIpc) is 3.03. The number of rotatable bonds is 4. The normalized spacial score (nSPS) is 17.0. The summed E-state index contributed by atoms with van der Waals surface area (Å²) in [6.45, 7) is 5.20. The van der Waals surface area contributed by atoms with Crippen molar-refractivity contribution in [3.63, 3.8) is 0 Å². The Morgan fingerprint density at radius 2 is 2.03 bits per heavy atom. The Morgan fingerprint density at radius 1 is 1.30 bits per heavy atom. The average molecular weight is 478 g/mol. The number of amides is 1. The topological polar surface area (TPSA) is 46.8 Å². The molecule has 2 aromatic heterocycles. The first-order chi connectivity index (χ1) is 14.4. The van der Waals surface area contributed by atoms with Crippen LogP contribution in [0.1, 0.15) is 24.6 Å². The van der Waals surface area contributed by atoms with Crippen LogP contribution in [0.3, 0.4) is 0 Å². The zero-order valence-corrected chi connectivity index (χ0v) is 18.4. The molecule has 1 amide bonds. The molecule has 0 aliphatic carbocycles. The van der Waals surface area contributed by atoms with Gasteiger partial charge in [-0.25, -0.2) is 13.8 Å². The number of morpholine rings is 1. The van der Waals surface area contributed by atoms with Gasteiger partial charge in [-0.05, 0) is 36.8 Å². The van der Waals surface area contributed by atoms with Crippen LogP contribution >= 0.6 is 15.9 Å². The van der Waals surface area contributed by atoms with Crippen LogP contribution in [0.5, 0.6) is 0 Å². The summed E-state index contributed by atoms with van der Waals surface area (Å²) < 4.78 is 37.6. The van der Waals surface area contributed by atoms with E-state index in [0.717, 1.165) is 5.56 Å². The van der Waals surface area contributed by atoms with Crippen LogP contribution in [-0.2, 0) is 16.0 Å². The van der Waals surface area contributed by atoms with Gasteiger partial charge in [-0.2, -0.15) is 0 Å². The first-order valence-electron chi connectivity index (χ1n) is 9.89. The van der Waals surface area contributed by atoms with Gasteiger partial charge in [-0.15, -0.1) is 0 Å². The Bertz CT molecular complexity index is 1090. The molecular weight excluding hydrogens is 456 g/mol. The molecule has 1 aliphatic rings. The fourth-order valence-electron chi connectivity index (χ4n) is 3.87. The second-order valence-electron chi connectivity index (χ2n) is 7.47. The number of halogens is 3. The quantitative estimate of drug-likeness (QED) is 0.554. The third kappa shape index (κ3) is 3.98. The van der Waals surface area contributed by atoms with E-state index in [1.54, 1.807) is 4.90 Å². The zero-order valence-electron chi connectivity index (χ0n) is 16.8. The smallest absolute Gasteiger partial charge is 0.222 e. The predicted octanol–water partition coefficient (Wildman–Crippen LogP) is 4.53. The van der Waals surface area contributed by atoms with Crippen LogP contribution in [0, 0.1) is 18.6 Å². The highest BCUT2D eigenvalue weighted by Gasteiger charge is 2.28. The molecule has 0 radical (unpaired) electrons. The first kappa shape index (κ1) is 20.9. The summed E-state index contributed by atoms with van der Waals surface area (Å²) in [5, 5.41) is 0. The third-order valence-corrected chi connectivity index (χ3v) is 5.80. The Hall–Kier alpha value is -2.32. The number of aromatic nitrogens is 2. The van der Waals surface area contributed by atoms with Crippen LogP contribution in [0.25, 0.3) is 16.9 Å². The maximum Gasteiger partial charge on any atom is 0.222 e. The molecule has 3 aromatic rings. The summed E-state index contributed by atoms with van der Waals surface area (Å²) in [5.41, 5.74) is 2.36. The summed E-state index contributed by atoms with van der Waals surface area (Å²) >= 11 is 3.13. The van der Waals surface area contributed by atoms with Gasteiger partial charge in [0.05, 0.1) is 29.7 Å². The van der Waals surface area contributed by atoms with Crippen molar-refractivity contribution in [2.45, 2.75) is 32.8 Å². The number of aryl methyl sites for hydroxylation is 1. The summed E-state index contributed by atoms with van der Waals surface area (Å²) in [6.07, 6.45) is 2.38. The minimum absolute atomic E-state index is 0.0716. The van der Waals surface area contributed by atoms with Gasteiger partial charge in [0.15, 0.2) is 0 Å². The van der Waals surface area contributed by atoms with Crippen LogP contribution in [0.4, 0.5) is 8.78 Å².